The Kier molecular flexibility index (Phi) is 5.60. The minimum Gasteiger partial charge on any atom is -0.366 e. The van der Waals surface area contributed by atoms with Crippen molar-refractivity contribution >= 4 is 26.5 Å². The molecule has 2 N–H and O–H groups in total. The number of fused-ring (bicyclic) bond motifs is 1. The summed E-state index contributed by atoms with van der Waals surface area (Å²) in [5.41, 5.74) is 11.1. The monoisotopic (exact) mass is 486 g/mol. The minimum absolute atomic E-state index is 0.119. The van der Waals surface area contributed by atoms with Gasteiger partial charge in [-0.2, -0.15) is 0 Å². The van der Waals surface area contributed by atoms with E-state index in [1.165, 1.54) is 6.26 Å². The second-order valence-corrected chi connectivity index (χ2v) is 11.3. The maximum Gasteiger partial charge on any atom is 0.258 e. The molecule has 5 rings (SSSR count). The van der Waals surface area contributed by atoms with E-state index in [9.17, 15) is 18.0 Å². The fraction of sp³-hybridized carbons (Fsp3) is 0.214. The summed E-state index contributed by atoms with van der Waals surface area (Å²) in [6, 6.07) is 18.0. The summed E-state index contributed by atoms with van der Waals surface area (Å²) in [4.78, 5) is 25.6. The Bertz CT molecular complexity index is 1650. The molecule has 1 aromatic heterocycles. The third kappa shape index (κ3) is 4.39. The van der Waals surface area contributed by atoms with Gasteiger partial charge in [0, 0.05) is 23.4 Å². The van der Waals surface area contributed by atoms with Gasteiger partial charge in [0.25, 0.3) is 5.56 Å². The SMILES string of the molecule is Cc1ccc(C(N)=O)c(C2CC2)c1-c1ccc2c(=O)n(Cc3ccc(S(C)(=O)=O)cc3)ccc2c1. The van der Waals surface area contributed by atoms with Crippen LogP contribution in [-0.2, 0) is 16.4 Å². The molecule has 4 aromatic rings. The number of aryl methyl sites for hydroxylation is 1. The lowest BCUT2D eigenvalue weighted by Gasteiger charge is -2.17. The molecule has 0 unspecified atom stereocenters. The van der Waals surface area contributed by atoms with Gasteiger partial charge in [0.2, 0.25) is 5.91 Å². The van der Waals surface area contributed by atoms with Gasteiger partial charge >= 0.3 is 0 Å². The molecular formula is C28H26N2O4S. The fourth-order valence-electron chi connectivity index (χ4n) is 4.73. The molecule has 35 heavy (non-hydrogen) atoms. The van der Waals surface area contributed by atoms with Crippen LogP contribution >= 0.6 is 0 Å². The first-order valence-electron chi connectivity index (χ1n) is 11.5. The zero-order chi connectivity index (χ0) is 24.9. The molecule has 1 fully saturated rings. The van der Waals surface area contributed by atoms with Crippen LogP contribution in [0.1, 0.15) is 45.8 Å². The first-order valence-corrected chi connectivity index (χ1v) is 13.4. The van der Waals surface area contributed by atoms with Crippen LogP contribution in [0.3, 0.4) is 0 Å². The van der Waals surface area contributed by atoms with Crippen LogP contribution in [0, 0.1) is 6.92 Å². The van der Waals surface area contributed by atoms with Gasteiger partial charge in [-0.05, 0) is 95.3 Å². The number of hydrogen-bond donors (Lipinski definition) is 1. The van der Waals surface area contributed by atoms with Crippen LogP contribution in [0.5, 0.6) is 0 Å². The molecule has 1 heterocycles. The quantitative estimate of drug-likeness (QED) is 0.436. The average Bonchev–Trinajstić information content (AvgIpc) is 3.65. The molecule has 0 spiro atoms. The van der Waals surface area contributed by atoms with E-state index in [0.717, 1.165) is 46.0 Å². The summed E-state index contributed by atoms with van der Waals surface area (Å²) in [6.07, 6.45) is 5.01. The van der Waals surface area contributed by atoms with Gasteiger partial charge in [-0.15, -0.1) is 0 Å². The molecule has 0 bridgehead atoms. The minimum atomic E-state index is -3.27. The van der Waals surface area contributed by atoms with E-state index in [0.29, 0.717) is 23.4 Å². The number of carbonyl (C=O) groups excluding carboxylic acids is 1. The fourth-order valence-corrected chi connectivity index (χ4v) is 5.36. The topological polar surface area (TPSA) is 99.2 Å². The number of primary amides is 1. The molecule has 1 aliphatic carbocycles. The van der Waals surface area contributed by atoms with Gasteiger partial charge in [0.05, 0.1) is 11.4 Å². The Morgan fingerprint density at radius 1 is 1.03 bits per heavy atom. The molecule has 0 radical (unpaired) electrons. The van der Waals surface area contributed by atoms with Crippen molar-refractivity contribution < 1.29 is 13.2 Å². The molecule has 3 aromatic carbocycles. The van der Waals surface area contributed by atoms with E-state index in [1.807, 2.05) is 43.3 Å². The van der Waals surface area contributed by atoms with Crippen LogP contribution in [-0.4, -0.2) is 25.1 Å². The van der Waals surface area contributed by atoms with E-state index in [1.54, 1.807) is 35.0 Å². The van der Waals surface area contributed by atoms with Crippen LogP contribution in [0.2, 0.25) is 0 Å². The number of benzene rings is 3. The van der Waals surface area contributed by atoms with Gasteiger partial charge in [-0.3, -0.25) is 9.59 Å². The van der Waals surface area contributed by atoms with Gasteiger partial charge in [0.15, 0.2) is 9.84 Å². The standard InChI is InChI=1S/C28H26N2O4S/c1-17-3-11-24(27(29)31)26(19-6-7-19)25(17)21-8-12-23-20(15-21)13-14-30(28(23)32)16-18-4-9-22(10-5-18)35(2,33)34/h3-5,8-15,19H,6-7,16H2,1-2H3,(H2,29,31). The highest BCUT2D eigenvalue weighted by Crippen LogP contribution is 2.47. The number of hydrogen-bond acceptors (Lipinski definition) is 4. The van der Waals surface area contributed by atoms with Crippen molar-refractivity contribution in [1.82, 2.24) is 4.57 Å². The molecule has 0 aliphatic heterocycles. The highest BCUT2D eigenvalue weighted by Gasteiger charge is 2.31. The number of sulfone groups is 1. The first-order chi connectivity index (χ1) is 16.6. The number of amides is 1. The van der Waals surface area contributed by atoms with Crippen molar-refractivity contribution in [1.29, 1.82) is 0 Å². The Morgan fingerprint density at radius 3 is 2.37 bits per heavy atom. The number of rotatable bonds is 6. The summed E-state index contributed by atoms with van der Waals surface area (Å²) in [7, 11) is -3.27. The van der Waals surface area contributed by atoms with Crippen molar-refractivity contribution in [3.05, 3.63) is 99.5 Å². The van der Waals surface area contributed by atoms with Crippen molar-refractivity contribution in [3.63, 3.8) is 0 Å². The highest BCUT2D eigenvalue weighted by molar-refractivity contribution is 7.90. The van der Waals surface area contributed by atoms with Gasteiger partial charge in [-0.25, -0.2) is 8.42 Å². The maximum atomic E-state index is 13.2. The van der Waals surface area contributed by atoms with Crippen molar-refractivity contribution in [3.8, 4) is 11.1 Å². The number of nitrogens with zero attached hydrogens (tertiary/aromatic N) is 1. The molecule has 1 saturated carbocycles. The maximum absolute atomic E-state index is 13.2. The van der Waals surface area contributed by atoms with E-state index >= 15 is 0 Å². The summed E-state index contributed by atoms with van der Waals surface area (Å²) in [5.74, 6) is -0.0772. The Morgan fingerprint density at radius 2 is 1.74 bits per heavy atom. The zero-order valence-electron chi connectivity index (χ0n) is 19.6. The van der Waals surface area contributed by atoms with Crippen LogP contribution < -0.4 is 11.3 Å². The Labute approximate surface area is 203 Å². The van der Waals surface area contributed by atoms with E-state index in [2.05, 4.69) is 0 Å². The lowest BCUT2D eigenvalue weighted by atomic mass is 9.88. The summed E-state index contributed by atoms with van der Waals surface area (Å²) in [6.45, 7) is 2.37. The van der Waals surface area contributed by atoms with Crippen molar-refractivity contribution in [2.75, 3.05) is 6.26 Å². The number of nitrogens with two attached hydrogens (primary N) is 1. The molecule has 0 saturated heterocycles. The van der Waals surface area contributed by atoms with Gasteiger partial charge in [0.1, 0.15) is 0 Å². The third-order valence-corrected chi connectivity index (χ3v) is 7.80. The van der Waals surface area contributed by atoms with Crippen molar-refractivity contribution in [2.45, 2.75) is 37.1 Å². The molecule has 7 heteroatoms. The molecule has 1 aliphatic rings. The number of aromatic nitrogens is 1. The van der Waals surface area contributed by atoms with E-state index in [4.69, 9.17) is 5.73 Å². The second kappa shape index (κ2) is 8.50. The molecule has 178 valence electrons. The average molecular weight is 487 g/mol. The van der Waals surface area contributed by atoms with Gasteiger partial charge in [-0.1, -0.05) is 24.3 Å². The van der Waals surface area contributed by atoms with E-state index < -0.39 is 15.7 Å². The summed E-state index contributed by atoms with van der Waals surface area (Å²) in [5, 5.41) is 1.42. The van der Waals surface area contributed by atoms with Crippen LogP contribution in [0.15, 0.2) is 76.6 Å². The summed E-state index contributed by atoms with van der Waals surface area (Å²) < 4.78 is 25.0. The highest BCUT2D eigenvalue weighted by atomic mass is 32.2. The lowest BCUT2D eigenvalue weighted by Crippen LogP contribution is -2.20. The van der Waals surface area contributed by atoms with Crippen molar-refractivity contribution in [2.24, 2.45) is 5.73 Å². The molecule has 6 nitrogen and oxygen atoms in total. The molecule has 0 atom stereocenters. The smallest absolute Gasteiger partial charge is 0.258 e. The second-order valence-electron chi connectivity index (χ2n) is 9.32. The normalized spacial score (nSPS) is 13.8. The largest absolute Gasteiger partial charge is 0.366 e. The Balaban J connectivity index is 1.54. The zero-order valence-corrected chi connectivity index (χ0v) is 20.4. The van der Waals surface area contributed by atoms with Crippen LogP contribution in [0.25, 0.3) is 21.9 Å². The lowest BCUT2D eigenvalue weighted by molar-refractivity contribution is 0.0999. The number of carbonyl (C=O) groups is 1. The first kappa shape index (κ1) is 23.1. The van der Waals surface area contributed by atoms with Gasteiger partial charge < -0.3 is 10.3 Å². The predicted octanol–water partition coefficient (Wildman–Crippen LogP) is 4.41. The number of pyridine rings is 1. The Hall–Kier alpha value is -3.71. The predicted molar refractivity (Wildman–Crippen MR) is 138 cm³/mol. The van der Waals surface area contributed by atoms with E-state index in [-0.39, 0.29) is 10.5 Å². The van der Waals surface area contributed by atoms with Crippen LogP contribution in [0.4, 0.5) is 0 Å². The third-order valence-electron chi connectivity index (χ3n) is 6.67. The summed E-state index contributed by atoms with van der Waals surface area (Å²) >= 11 is 0. The molecular weight excluding hydrogens is 460 g/mol. The molecule has 1 amide bonds.